The average molecular weight is 479 g/mol. The standard InChI is InChI=1S/C25H26N4O6/c1-4-6-13-27-20-12-9-17(23(30)34-3)14-21(20)28-22(16-7-10-18(11-8-16)29(32)33)19(15-26-25(27)28)24(31)35-5-2/h7-12,14H,4-6,13,15H2,1-3H3. The quantitative estimate of drug-likeness (QED) is 0.316. The molecule has 0 aromatic heterocycles. The summed E-state index contributed by atoms with van der Waals surface area (Å²) in [5.74, 6) is -0.375. The van der Waals surface area contributed by atoms with Crippen molar-refractivity contribution in [2.24, 2.45) is 4.99 Å². The highest BCUT2D eigenvalue weighted by Crippen LogP contribution is 2.45. The van der Waals surface area contributed by atoms with Gasteiger partial charge in [0.05, 0.1) is 53.4 Å². The molecule has 0 N–H and O–H groups in total. The van der Waals surface area contributed by atoms with E-state index in [1.165, 1.54) is 19.2 Å². The first-order chi connectivity index (χ1) is 16.9. The zero-order valence-electron chi connectivity index (χ0n) is 19.8. The van der Waals surface area contributed by atoms with Gasteiger partial charge in [0.15, 0.2) is 0 Å². The topological polar surface area (TPSA) is 115 Å². The molecular weight excluding hydrogens is 452 g/mol. The fourth-order valence-electron chi connectivity index (χ4n) is 4.21. The summed E-state index contributed by atoms with van der Waals surface area (Å²) in [5, 5.41) is 11.2. The van der Waals surface area contributed by atoms with Crippen molar-refractivity contribution in [1.82, 2.24) is 0 Å². The number of nitro groups is 1. The average Bonchev–Trinajstić information content (AvgIpc) is 3.19. The van der Waals surface area contributed by atoms with Crippen LogP contribution in [0.4, 0.5) is 17.1 Å². The van der Waals surface area contributed by atoms with Crippen LogP contribution in [0.2, 0.25) is 0 Å². The van der Waals surface area contributed by atoms with E-state index >= 15 is 0 Å². The smallest absolute Gasteiger partial charge is 0.338 e. The van der Waals surface area contributed by atoms with Crippen LogP contribution in [-0.2, 0) is 14.3 Å². The number of nitrogens with zero attached hydrogens (tertiary/aromatic N) is 4. The number of esters is 2. The van der Waals surface area contributed by atoms with Gasteiger partial charge in [0.2, 0.25) is 5.96 Å². The number of rotatable bonds is 8. The van der Waals surface area contributed by atoms with E-state index in [9.17, 15) is 19.7 Å². The summed E-state index contributed by atoms with van der Waals surface area (Å²) < 4.78 is 10.2. The van der Waals surface area contributed by atoms with Gasteiger partial charge in [0.1, 0.15) is 0 Å². The molecule has 0 saturated carbocycles. The van der Waals surface area contributed by atoms with E-state index in [1.54, 1.807) is 31.2 Å². The first kappa shape index (κ1) is 23.9. The lowest BCUT2D eigenvalue weighted by molar-refractivity contribution is -0.384. The number of non-ortho nitro benzene ring substituents is 1. The van der Waals surface area contributed by atoms with E-state index in [2.05, 4.69) is 11.8 Å². The third-order valence-electron chi connectivity index (χ3n) is 5.87. The molecule has 0 bridgehead atoms. The molecule has 0 saturated heterocycles. The van der Waals surface area contributed by atoms with Crippen molar-refractivity contribution in [2.75, 3.05) is 36.6 Å². The van der Waals surface area contributed by atoms with Crippen molar-refractivity contribution in [3.05, 3.63) is 69.3 Å². The number of hydrogen-bond donors (Lipinski definition) is 0. The fourth-order valence-corrected chi connectivity index (χ4v) is 4.21. The minimum atomic E-state index is -0.513. The number of aliphatic imine (C=N–C) groups is 1. The number of carbonyl (C=O) groups is 2. The molecule has 2 aliphatic heterocycles. The molecule has 182 valence electrons. The number of hydrogen-bond acceptors (Lipinski definition) is 9. The summed E-state index contributed by atoms with van der Waals surface area (Å²) in [7, 11) is 1.32. The number of methoxy groups -OCH3 is 1. The highest BCUT2D eigenvalue weighted by atomic mass is 16.6. The fraction of sp³-hybridized carbons (Fsp3) is 0.320. The Kier molecular flexibility index (Phi) is 6.81. The number of nitro benzene ring substituents is 1. The predicted octanol–water partition coefficient (Wildman–Crippen LogP) is 4.15. The first-order valence-corrected chi connectivity index (χ1v) is 11.4. The van der Waals surface area contributed by atoms with Gasteiger partial charge in [-0.3, -0.25) is 15.0 Å². The Bertz CT molecular complexity index is 1240. The highest BCUT2D eigenvalue weighted by molar-refractivity contribution is 6.26. The molecule has 2 aromatic carbocycles. The van der Waals surface area contributed by atoms with Gasteiger partial charge in [-0.25, -0.2) is 14.6 Å². The summed E-state index contributed by atoms with van der Waals surface area (Å²) in [4.78, 5) is 44.6. The Balaban J connectivity index is 1.92. The Morgan fingerprint density at radius 2 is 1.83 bits per heavy atom. The Morgan fingerprint density at radius 3 is 2.46 bits per heavy atom. The monoisotopic (exact) mass is 478 g/mol. The van der Waals surface area contributed by atoms with Gasteiger partial charge >= 0.3 is 11.9 Å². The van der Waals surface area contributed by atoms with Crippen LogP contribution in [0.3, 0.4) is 0 Å². The maximum atomic E-state index is 13.0. The molecule has 10 nitrogen and oxygen atoms in total. The normalized spacial score (nSPS) is 14.3. The van der Waals surface area contributed by atoms with Crippen LogP contribution in [0, 0.1) is 10.1 Å². The number of fused-ring (bicyclic) bond motifs is 3. The van der Waals surface area contributed by atoms with E-state index in [-0.39, 0.29) is 18.8 Å². The summed E-state index contributed by atoms with van der Waals surface area (Å²) in [6.45, 7) is 4.80. The van der Waals surface area contributed by atoms with Crippen LogP contribution in [0.5, 0.6) is 0 Å². The van der Waals surface area contributed by atoms with Crippen LogP contribution >= 0.6 is 0 Å². The van der Waals surface area contributed by atoms with Crippen LogP contribution in [0.1, 0.15) is 42.6 Å². The maximum Gasteiger partial charge on any atom is 0.338 e. The Morgan fingerprint density at radius 1 is 1.09 bits per heavy atom. The third kappa shape index (κ3) is 4.34. The molecule has 2 aromatic rings. The second-order valence-corrected chi connectivity index (χ2v) is 8.00. The summed E-state index contributed by atoms with van der Waals surface area (Å²) in [5.41, 5.74) is 3.25. The van der Waals surface area contributed by atoms with Crippen molar-refractivity contribution in [2.45, 2.75) is 26.7 Å². The van der Waals surface area contributed by atoms with E-state index in [1.807, 2.05) is 11.0 Å². The molecule has 35 heavy (non-hydrogen) atoms. The molecule has 4 rings (SSSR count). The molecule has 0 radical (unpaired) electrons. The maximum absolute atomic E-state index is 13.0. The zero-order chi connectivity index (χ0) is 25.1. The largest absolute Gasteiger partial charge is 0.465 e. The van der Waals surface area contributed by atoms with Gasteiger partial charge in [-0.2, -0.15) is 0 Å². The number of guanidine groups is 1. The molecule has 0 fully saturated rings. The minimum absolute atomic E-state index is 0.0592. The van der Waals surface area contributed by atoms with Crippen molar-refractivity contribution >= 4 is 40.7 Å². The molecular formula is C25H26N4O6. The Labute approximate surface area is 202 Å². The number of benzene rings is 2. The van der Waals surface area contributed by atoms with Crippen molar-refractivity contribution in [3.8, 4) is 0 Å². The van der Waals surface area contributed by atoms with Crippen LogP contribution in [-0.4, -0.2) is 49.6 Å². The second kappa shape index (κ2) is 9.96. The summed E-state index contributed by atoms with van der Waals surface area (Å²) in [6.07, 6.45) is 1.88. The van der Waals surface area contributed by atoms with E-state index in [0.717, 1.165) is 18.5 Å². The molecule has 0 aliphatic carbocycles. The number of unbranched alkanes of at least 4 members (excludes halogenated alkanes) is 1. The SMILES string of the molecule is CCCCN1C2=NCC(C(=O)OCC)=C(c3ccc([N+](=O)[O-])cc3)N2c2cc(C(=O)OC)ccc21. The lowest BCUT2D eigenvalue weighted by Gasteiger charge is -2.31. The van der Waals surface area contributed by atoms with Gasteiger partial charge in [-0.15, -0.1) is 0 Å². The van der Waals surface area contributed by atoms with E-state index < -0.39 is 16.9 Å². The van der Waals surface area contributed by atoms with Gasteiger partial charge in [-0.05, 0) is 49.2 Å². The highest BCUT2D eigenvalue weighted by Gasteiger charge is 2.40. The van der Waals surface area contributed by atoms with Crippen LogP contribution < -0.4 is 9.80 Å². The van der Waals surface area contributed by atoms with Crippen molar-refractivity contribution in [1.29, 1.82) is 0 Å². The summed E-state index contributed by atoms with van der Waals surface area (Å²) >= 11 is 0. The zero-order valence-corrected chi connectivity index (χ0v) is 19.8. The van der Waals surface area contributed by atoms with E-state index in [4.69, 9.17) is 14.5 Å². The molecule has 0 atom stereocenters. The van der Waals surface area contributed by atoms with Crippen LogP contribution in [0.25, 0.3) is 5.70 Å². The number of ether oxygens (including phenoxy) is 2. The predicted molar refractivity (Wildman–Crippen MR) is 131 cm³/mol. The second-order valence-electron chi connectivity index (χ2n) is 8.00. The van der Waals surface area contributed by atoms with Gasteiger partial charge in [-0.1, -0.05) is 13.3 Å². The lowest BCUT2D eigenvalue weighted by Crippen LogP contribution is -2.42. The molecule has 0 unspecified atom stereocenters. The number of carbonyl (C=O) groups excluding carboxylic acids is 2. The van der Waals surface area contributed by atoms with Gasteiger partial charge < -0.3 is 14.4 Å². The van der Waals surface area contributed by atoms with Crippen LogP contribution in [0.15, 0.2) is 53.0 Å². The molecule has 2 aliphatic rings. The molecule has 0 spiro atoms. The molecule has 2 heterocycles. The van der Waals surface area contributed by atoms with Crippen molar-refractivity contribution in [3.63, 3.8) is 0 Å². The lowest BCUT2D eigenvalue weighted by atomic mass is 10.0. The van der Waals surface area contributed by atoms with E-state index in [0.29, 0.717) is 40.6 Å². The van der Waals surface area contributed by atoms with Gasteiger partial charge in [0.25, 0.3) is 5.69 Å². The molecule has 10 heteroatoms. The number of anilines is 2. The molecule has 0 amide bonds. The van der Waals surface area contributed by atoms with Crippen molar-refractivity contribution < 1.29 is 24.0 Å². The Hall–Kier alpha value is -4.21. The summed E-state index contributed by atoms with van der Waals surface area (Å²) in [6, 6.07) is 11.3. The van der Waals surface area contributed by atoms with Gasteiger partial charge in [0, 0.05) is 18.7 Å². The minimum Gasteiger partial charge on any atom is -0.465 e. The third-order valence-corrected chi connectivity index (χ3v) is 5.87. The first-order valence-electron chi connectivity index (χ1n) is 11.4.